The minimum absolute atomic E-state index is 0.429. The molecule has 0 fully saturated rings. The van der Waals surface area contributed by atoms with Gasteiger partial charge in [0.15, 0.2) is 0 Å². The van der Waals surface area contributed by atoms with Gasteiger partial charge in [-0.25, -0.2) is 9.97 Å². The van der Waals surface area contributed by atoms with E-state index in [0.717, 1.165) is 5.69 Å². The standard InChI is InChI=1S/C9H12N4/c1-6(2)8-4-12-9-11-3-7(10)5-13(8)9/h3-6H,10H2,1-2H3. The number of nitrogens with two attached hydrogens (primary N) is 1. The lowest BCUT2D eigenvalue weighted by Gasteiger charge is -2.03. The maximum Gasteiger partial charge on any atom is 0.234 e. The third kappa shape index (κ3) is 1.24. The predicted molar refractivity (Wildman–Crippen MR) is 51.5 cm³/mol. The van der Waals surface area contributed by atoms with Crippen LogP contribution in [-0.2, 0) is 0 Å². The largest absolute Gasteiger partial charge is 0.396 e. The first-order chi connectivity index (χ1) is 6.18. The first-order valence-electron chi connectivity index (χ1n) is 4.27. The molecule has 0 aliphatic heterocycles. The SMILES string of the molecule is CC(C)c1cnc2ncc(N)cn12. The maximum atomic E-state index is 5.64. The van der Waals surface area contributed by atoms with Gasteiger partial charge in [0.05, 0.1) is 18.1 Å². The van der Waals surface area contributed by atoms with Crippen molar-refractivity contribution in [2.24, 2.45) is 0 Å². The highest BCUT2D eigenvalue weighted by molar-refractivity contribution is 5.41. The molecule has 2 heterocycles. The zero-order valence-electron chi connectivity index (χ0n) is 7.73. The average Bonchev–Trinajstić information content (AvgIpc) is 2.46. The van der Waals surface area contributed by atoms with E-state index in [1.807, 2.05) is 16.8 Å². The van der Waals surface area contributed by atoms with Crippen LogP contribution in [-0.4, -0.2) is 14.4 Å². The van der Waals surface area contributed by atoms with Gasteiger partial charge in [0, 0.05) is 11.9 Å². The smallest absolute Gasteiger partial charge is 0.234 e. The number of aromatic nitrogens is 3. The fourth-order valence-electron chi connectivity index (χ4n) is 1.33. The van der Waals surface area contributed by atoms with Gasteiger partial charge < -0.3 is 5.73 Å². The van der Waals surface area contributed by atoms with Crippen LogP contribution in [0.15, 0.2) is 18.6 Å². The monoisotopic (exact) mass is 176 g/mol. The molecule has 13 heavy (non-hydrogen) atoms. The molecule has 0 radical (unpaired) electrons. The van der Waals surface area contributed by atoms with Gasteiger partial charge in [-0.05, 0) is 5.92 Å². The molecule has 0 aromatic carbocycles. The van der Waals surface area contributed by atoms with E-state index in [4.69, 9.17) is 5.73 Å². The Balaban J connectivity index is 2.71. The van der Waals surface area contributed by atoms with Crippen LogP contribution in [0.4, 0.5) is 5.69 Å². The summed E-state index contributed by atoms with van der Waals surface area (Å²) in [4.78, 5) is 8.29. The van der Waals surface area contributed by atoms with E-state index in [9.17, 15) is 0 Å². The summed E-state index contributed by atoms with van der Waals surface area (Å²) in [5.41, 5.74) is 7.43. The predicted octanol–water partition coefficient (Wildman–Crippen LogP) is 1.43. The fourth-order valence-corrected chi connectivity index (χ4v) is 1.33. The van der Waals surface area contributed by atoms with Crippen molar-refractivity contribution in [2.75, 3.05) is 5.73 Å². The second-order valence-corrected chi connectivity index (χ2v) is 3.40. The Morgan fingerprint density at radius 3 is 2.69 bits per heavy atom. The number of hydrogen-bond acceptors (Lipinski definition) is 3. The van der Waals surface area contributed by atoms with Crippen molar-refractivity contribution in [1.82, 2.24) is 14.4 Å². The number of fused-ring (bicyclic) bond motifs is 1. The second kappa shape index (κ2) is 2.73. The minimum atomic E-state index is 0.429. The number of rotatable bonds is 1. The topological polar surface area (TPSA) is 56.2 Å². The Morgan fingerprint density at radius 1 is 1.31 bits per heavy atom. The number of nitrogens with zero attached hydrogens (tertiary/aromatic N) is 3. The van der Waals surface area contributed by atoms with Gasteiger partial charge in [-0.3, -0.25) is 4.40 Å². The molecule has 0 atom stereocenters. The first kappa shape index (κ1) is 8.04. The lowest BCUT2D eigenvalue weighted by atomic mass is 10.1. The fraction of sp³-hybridized carbons (Fsp3) is 0.333. The normalized spacial score (nSPS) is 11.3. The zero-order chi connectivity index (χ0) is 9.42. The molecule has 0 amide bonds. The minimum Gasteiger partial charge on any atom is -0.396 e. The number of anilines is 1. The highest BCUT2D eigenvalue weighted by Crippen LogP contribution is 2.15. The summed E-state index contributed by atoms with van der Waals surface area (Å²) < 4.78 is 1.93. The van der Waals surface area contributed by atoms with Crippen LogP contribution in [0.2, 0.25) is 0 Å². The highest BCUT2D eigenvalue weighted by Gasteiger charge is 2.07. The molecule has 4 nitrogen and oxygen atoms in total. The molecular weight excluding hydrogens is 164 g/mol. The van der Waals surface area contributed by atoms with Gasteiger partial charge in [-0.15, -0.1) is 0 Å². The molecule has 2 rings (SSSR count). The van der Waals surface area contributed by atoms with Crippen LogP contribution in [0, 0.1) is 0 Å². The summed E-state index contributed by atoms with van der Waals surface area (Å²) in [6.45, 7) is 4.24. The lowest BCUT2D eigenvalue weighted by molar-refractivity contribution is 0.806. The highest BCUT2D eigenvalue weighted by atomic mass is 15.1. The van der Waals surface area contributed by atoms with Gasteiger partial charge in [-0.2, -0.15) is 0 Å². The van der Waals surface area contributed by atoms with Gasteiger partial charge in [-0.1, -0.05) is 13.8 Å². The lowest BCUT2D eigenvalue weighted by Crippen LogP contribution is -1.98. The Hall–Kier alpha value is -1.58. The molecule has 0 aliphatic rings. The van der Waals surface area contributed by atoms with E-state index >= 15 is 0 Å². The van der Waals surface area contributed by atoms with Crippen LogP contribution in [0.3, 0.4) is 0 Å². The average molecular weight is 176 g/mol. The van der Waals surface area contributed by atoms with Gasteiger partial charge in [0.25, 0.3) is 0 Å². The van der Waals surface area contributed by atoms with E-state index in [1.165, 1.54) is 0 Å². The third-order valence-corrected chi connectivity index (χ3v) is 2.00. The Morgan fingerprint density at radius 2 is 2.00 bits per heavy atom. The molecule has 0 unspecified atom stereocenters. The molecule has 0 aliphatic carbocycles. The molecule has 2 aromatic rings. The molecule has 4 heteroatoms. The molecule has 0 saturated carbocycles. The molecular formula is C9H12N4. The van der Waals surface area contributed by atoms with Crippen LogP contribution in [0.25, 0.3) is 5.78 Å². The molecule has 68 valence electrons. The Kier molecular flexibility index (Phi) is 1.69. The van der Waals surface area contributed by atoms with Crippen LogP contribution >= 0.6 is 0 Å². The summed E-state index contributed by atoms with van der Waals surface area (Å²) in [5.74, 6) is 1.14. The number of nitrogen functional groups attached to an aromatic ring is 1. The van der Waals surface area contributed by atoms with Crippen molar-refractivity contribution in [2.45, 2.75) is 19.8 Å². The number of hydrogen-bond donors (Lipinski definition) is 1. The van der Waals surface area contributed by atoms with Crippen molar-refractivity contribution in [3.8, 4) is 0 Å². The first-order valence-corrected chi connectivity index (χ1v) is 4.27. The van der Waals surface area contributed by atoms with Gasteiger partial charge >= 0.3 is 0 Å². The quantitative estimate of drug-likeness (QED) is 0.715. The summed E-state index contributed by atoms with van der Waals surface area (Å²) in [5, 5.41) is 0. The van der Waals surface area contributed by atoms with E-state index in [2.05, 4.69) is 23.8 Å². The summed E-state index contributed by atoms with van der Waals surface area (Å²) >= 11 is 0. The van der Waals surface area contributed by atoms with Crippen molar-refractivity contribution in [3.63, 3.8) is 0 Å². The molecule has 2 N–H and O–H groups in total. The number of imidazole rings is 1. The van der Waals surface area contributed by atoms with Crippen LogP contribution < -0.4 is 5.73 Å². The summed E-state index contributed by atoms with van der Waals surface area (Å²) in [7, 11) is 0. The van der Waals surface area contributed by atoms with E-state index in [1.54, 1.807) is 6.20 Å². The summed E-state index contributed by atoms with van der Waals surface area (Å²) in [6, 6.07) is 0. The van der Waals surface area contributed by atoms with Crippen LogP contribution in [0.1, 0.15) is 25.5 Å². The van der Waals surface area contributed by atoms with Crippen molar-refractivity contribution in [1.29, 1.82) is 0 Å². The molecule has 0 spiro atoms. The molecule has 2 aromatic heterocycles. The Bertz CT molecular complexity index is 430. The third-order valence-electron chi connectivity index (χ3n) is 2.00. The van der Waals surface area contributed by atoms with Crippen molar-refractivity contribution >= 4 is 11.5 Å². The molecule has 0 saturated heterocycles. The zero-order valence-corrected chi connectivity index (χ0v) is 7.73. The summed E-state index contributed by atoms with van der Waals surface area (Å²) in [6.07, 6.45) is 5.31. The van der Waals surface area contributed by atoms with E-state index in [-0.39, 0.29) is 0 Å². The second-order valence-electron chi connectivity index (χ2n) is 3.40. The molecule has 0 bridgehead atoms. The van der Waals surface area contributed by atoms with Crippen molar-refractivity contribution in [3.05, 3.63) is 24.3 Å². The van der Waals surface area contributed by atoms with Crippen molar-refractivity contribution < 1.29 is 0 Å². The van der Waals surface area contributed by atoms with Gasteiger partial charge in [0.2, 0.25) is 5.78 Å². The van der Waals surface area contributed by atoms with E-state index in [0.29, 0.717) is 17.4 Å². The maximum absolute atomic E-state index is 5.64. The van der Waals surface area contributed by atoms with Crippen LogP contribution in [0.5, 0.6) is 0 Å². The van der Waals surface area contributed by atoms with Gasteiger partial charge in [0.1, 0.15) is 0 Å². The Labute approximate surface area is 76.4 Å². The van der Waals surface area contributed by atoms with E-state index < -0.39 is 0 Å².